The number of rotatable bonds is 2. The van der Waals surface area contributed by atoms with Gasteiger partial charge < -0.3 is 4.74 Å². The van der Waals surface area contributed by atoms with E-state index in [9.17, 15) is 0 Å². The van der Waals surface area contributed by atoms with Crippen LogP contribution in [0.15, 0.2) is 72.0 Å². The Hall–Kier alpha value is -3.47. The first-order valence-electron chi connectivity index (χ1n) is 9.31. The van der Waals surface area contributed by atoms with Crippen LogP contribution in [0.5, 0.6) is 5.75 Å². The summed E-state index contributed by atoms with van der Waals surface area (Å²) in [6.45, 7) is 6.08. The van der Waals surface area contributed by atoms with Crippen LogP contribution in [0.25, 0.3) is 5.65 Å². The zero-order valence-electron chi connectivity index (χ0n) is 16.0. The molecular formula is C23H20N4O. The van der Waals surface area contributed by atoms with Crippen molar-refractivity contribution >= 4 is 11.4 Å². The highest BCUT2D eigenvalue weighted by atomic mass is 16.5. The number of hydrogen-bond donors (Lipinski definition) is 0. The summed E-state index contributed by atoms with van der Waals surface area (Å²) in [5.74, 6) is 0.807. The van der Waals surface area contributed by atoms with Crippen LogP contribution in [0.4, 0.5) is 0 Å². The van der Waals surface area contributed by atoms with E-state index < -0.39 is 5.72 Å². The van der Waals surface area contributed by atoms with Crippen LogP contribution in [0.2, 0.25) is 0 Å². The van der Waals surface area contributed by atoms with Crippen molar-refractivity contribution in [2.45, 2.75) is 26.5 Å². The highest BCUT2D eigenvalue weighted by Gasteiger charge is 2.35. The molecule has 2 aromatic carbocycles. The molecule has 1 atom stereocenters. The van der Waals surface area contributed by atoms with E-state index in [1.54, 1.807) is 0 Å². The first-order valence-corrected chi connectivity index (χ1v) is 9.31. The Bertz CT molecular complexity index is 1230. The lowest BCUT2D eigenvalue weighted by Crippen LogP contribution is -2.33. The molecule has 28 heavy (non-hydrogen) atoms. The quantitative estimate of drug-likeness (QED) is 0.525. The predicted molar refractivity (Wildman–Crippen MR) is 109 cm³/mol. The van der Waals surface area contributed by atoms with Crippen LogP contribution in [0.1, 0.15) is 34.9 Å². The molecule has 0 aliphatic carbocycles. The van der Waals surface area contributed by atoms with Crippen molar-refractivity contribution in [2.24, 2.45) is 4.99 Å². The summed E-state index contributed by atoms with van der Waals surface area (Å²) < 4.78 is 8.23. The third-order valence-corrected chi connectivity index (χ3v) is 5.35. The highest BCUT2D eigenvalue weighted by molar-refractivity contribution is 6.18. The van der Waals surface area contributed by atoms with Crippen molar-refractivity contribution in [3.63, 3.8) is 0 Å². The van der Waals surface area contributed by atoms with Gasteiger partial charge in [0.2, 0.25) is 5.72 Å². The molecule has 1 unspecified atom stereocenters. The number of hydrogen-bond acceptors (Lipinski definition) is 4. The second-order valence-electron chi connectivity index (χ2n) is 7.23. The van der Waals surface area contributed by atoms with Crippen molar-refractivity contribution in [2.75, 3.05) is 0 Å². The fourth-order valence-corrected chi connectivity index (χ4v) is 3.64. The monoisotopic (exact) mass is 368 g/mol. The number of aryl methyl sites for hydroxylation is 2. The molecule has 5 heteroatoms. The Labute approximate surface area is 163 Å². The summed E-state index contributed by atoms with van der Waals surface area (Å²) in [6, 6.07) is 18.1. The average Bonchev–Trinajstić information content (AvgIpc) is 3.15. The molecule has 5 nitrogen and oxygen atoms in total. The summed E-state index contributed by atoms with van der Waals surface area (Å²) in [4.78, 5) is 9.72. The lowest BCUT2D eigenvalue weighted by atomic mass is 9.97. The molecule has 3 heterocycles. The maximum absolute atomic E-state index is 6.35. The summed E-state index contributed by atoms with van der Waals surface area (Å²) in [5.41, 5.74) is 5.85. The highest BCUT2D eigenvalue weighted by Crippen LogP contribution is 2.38. The largest absolute Gasteiger partial charge is 0.462 e. The fraction of sp³-hybridized carbons (Fsp3) is 0.174. The minimum atomic E-state index is -0.820. The first-order chi connectivity index (χ1) is 13.6. The fourth-order valence-electron chi connectivity index (χ4n) is 3.64. The summed E-state index contributed by atoms with van der Waals surface area (Å²) in [6.07, 6.45) is 3.74. The Morgan fingerprint density at radius 1 is 0.893 bits per heavy atom. The number of fused-ring (bicyclic) bond motifs is 2. The molecule has 0 saturated carbocycles. The smallest absolute Gasteiger partial charge is 0.224 e. The van der Waals surface area contributed by atoms with E-state index >= 15 is 0 Å². The van der Waals surface area contributed by atoms with Crippen LogP contribution < -0.4 is 4.74 Å². The van der Waals surface area contributed by atoms with E-state index in [1.165, 1.54) is 0 Å². The Morgan fingerprint density at radius 2 is 1.64 bits per heavy atom. The topological polar surface area (TPSA) is 51.8 Å². The molecule has 0 saturated heterocycles. The molecule has 0 fully saturated rings. The zero-order chi connectivity index (χ0) is 19.3. The minimum Gasteiger partial charge on any atom is -0.462 e. The second kappa shape index (κ2) is 6.02. The molecule has 0 bridgehead atoms. The Balaban J connectivity index is 1.78. The number of ether oxygens (including phenoxy) is 1. The maximum Gasteiger partial charge on any atom is 0.224 e. The molecule has 5 rings (SSSR count). The predicted octanol–water partition coefficient (Wildman–Crippen LogP) is 4.45. The van der Waals surface area contributed by atoms with Gasteiger partial charge in [-0.15, -0.1) is 0 Å². The SMILES string of the molecule is Cc1cnc2c(C3=NC(C)(c4ccccc4)Oc4ccccc43)cnn2c1C. The molecule has 0 radical (unpaired) electrons. The van der Waals surface area contributed by atoms with Gasteiger partial charge in [0.1, 0.15) is 5.75 Å². The van der Waals surface area contributed by atoms with Crippen LogP contribution in [0.3, 0.4) is 0 Å². The minimum absolute atomic E-state index is 0.800. The van der Waals surface area contributed by atoms with Gasteiger partial charge >= 0.3 is 0 Å². The molecule has 0 spiro atoms. The third kappa shape index (κ3) is 2.43. The molecule has 1 aliphatic heterocycles. The van der Waals surface area contributed by atoms with E-state index in [-0.39, 0.29) is 0 Å². The van der Waals surface area contributed by atoms with Crippen LogP contribution in [-0.2, 0) is 5.72 Å². The van der Waals surface area contributed by atoms with Crippen LogP contribution >= 0.6 is 0 Å². The van der Waals surface area contributed by atoms with Crippen LogP contribution in [-0.4, -0.2) is 20.3 Å². The average molecular weight is 368 g/mol. The summed E-state index contributed by atoms with van der Waals surface area (Å²) in [7, 11) is 0. The van der Waals surface area contributed by atoms with E-state index in [2.05, 4.69) is 17.0 Å². The number of benzene rings is 2. The number of nitrogens with zero attached hydrogens (tertiary/aromatic N) is 4. The Morgan fingerprint density at radius 3 is 2.46 bits per heavy atom. The van der Waals surface area contributed by atoms with Crippen LogP contribution in [0, 0.1) is 13.8 Å². The van der Waals surface area contributed by atoms with Crippen molar-refractivity contribution < 1.29 is 4.74 Å². The van der Waals surface area contributed by atoms with Gasteiger partial charge in [0, 0.05) is 29.9 Å². The first kappa shape index (κ1) is 16.7. The molecule has 1 aliphatic rings. The van der Waals surface area contributed by atoms with Crippen molar-refractivity contribution in [1.29, 1.82) is 0 Å². The van der Waals surface area contributed by atoms with E-state index in [4.69, 9.17) is 9.73 Å². The lowest BCUT2D eigenvalue weighted by Gasteiger charge is -2.33. The van der Waals surface area contributed by atoms with E-state index in [1.807, 2.05) is 85.4 Å². The normalized spacial score (nSPS) is 18.5. The molecular weight excluding hydrogens is 348 g/mol. The number of aromatic nitrogens is 3. The van der Waals surface area contributed by atoms with Gasteiger partial charge in [0.15, 0.2) is 5.65 Å². The van der Waals surface area contributed by atoms with Gasteiger partial charge in [0.05, 0.1) is 17.5 Å². The number of aliphatic imine (C=N–C) groups is 1. The molecule has 138 valence electrons. The van der Waals surface area contributed by atoms with Gasteiger partial charge in [-0.1, -0.05) is 42.5 Å². The molecule has 0 N–H and O–H groups in total. The van der Waals surface area contributed by atoms with Gasteiger partial charge in [-0.3, -0.25) is 0 Å². The summed E-state index contributed by atoms with van der Waals surface area (Å²) in [5, 5.41) is 4.58. The van der Waals surface area contributed by atoms with Gasteiger partial charge in [-0.25, -0.2) is 14.5 Å². The van der Waals surface area contributed by atoms with Gasteiger partial charge in [-0.05, 0) is 31.5 Å². The van der Waals surface area contributed by atoms with E-state index in [0.29, 0.717) is 0 Å². The third-order valence-electron chi connectivity index (χ3n) is 5.35. The van der Waals surface area contributed by atoms with Gasteiger partial charge in [-0.2, -0.15) is 5.10 Å². The van der Waals surface area contributed by atoms with Crippen molar-refractivity contribution in [1.82, 2.24) is 14.6 Å². The standard InChI is InChI=1S/C23H20N4O/c1-15-13-24-22-19(14-25-27(22)16(15)2)21-18-11-7-8-12-20(18)28-23(3,26-21)17-9-5-4-6-10-17/h4-14H,1-3H3. The molecule has 0 amide bonds. The maximum atomic E-state index is 6.35. The van der Waals surface area contributed by atoms with Crippen molar-refractivity contribution in [3.05, 3.63) is 94.9 Å². The Kier molecular flexibility index (Phi) is 3.59. The number of para-hydroxylation sites is 1. The lowest BCUT2D eigenvalue weighted by molar-refractivity contribution is 0.0930. The van der Waals surface area contributed by atoms with Crippen molar-refractivity contribution in [3.8, 4) is 5.75 Å². The van der Waals surface area contributed by atoms with Gasteiger partial charge in [0.25, 0.3) is 0 Å². The summed E-state index contributed by atoms with van der Waals surface area (Å²) >= 11 is 0. The zero-order valence-corrected chi connectivity index (χ0v) is 16.0. The second-order valence-corrected chi connectivity index (χ2v) is 7.23. The van der Waals surface area contributed by atoms with E-state index in [0.717, 1.165) is 45.1 Å². The molecule has 4 aromatic rings. The molecule has 2 aromatic heterocycles.